The molecule has 150 valence electrons. The van der Waals surface area contributed by atoms with Gasteiger partial charge in [-0.3, -0.25) is 14.5 Å². The lowest BCUT2D eigenvalue weighted by Gasteiger charge is -2.51. The summed E-state index contributed by atoms with van der Waals surface area (Å²) in [5.74, 6) is -0.734. The van der Waals surface area contributed by atoms with Crippen LogP contribution in [-0.4, -0.2) is 51.3 Å². The van der Waals surface area contributed by atoms with E-state index in [1.165, 1.54) is 30.2 Å². The van der Waals surface area contributed by atoms with Gasteiger partial charge < -0.3 is 0 Å². The van der Waals surface area contributed by atoms with Crippen molar-refractivity contribution in [3.05, 3.63) is 52.3 Å². The van der Waals surface area contributed by atoms with E-state index < -0.39 is 11.6 Å². The summed E-state index contributed by atoms with van der Waals surface area (Å²) >= 11 is 0. The van der Waals surface area contributed by atoms with Gasteiger partial charge in [0.05, 0.1) is 5.69 Å². The molecule has 0 saturated carbocycles. The Hall–Kier alpha value is -1.79. The maximum absolute atomic E-state index is 14.7. The molecule has 1 aromatic carbocycles. The summed E-state index contributed by atoms with van der Waals surface area (Å²) in [7, 11) is 1.98. The number of benzene rings is 1. The summed E-state index contributed by atoms with van der Waals surface area (Å²) in [6, 6.07) is 5.35. The lowest BCUT2D eigenvalue weighted by molar-refractivity contribution is -0.00897. The van der Waals surface area contributed by atoms with Crippen LogP contribution in [0.15, 0.2) is 18.2 Å². The van der Waals surface area contributed by atoms with Crippen molar-refractivity contribution in [2.45, 2.75) is 51.2 Å². The number of halogens is 2. The molecule has 4 fully saturated rings. The maximum atomic E-state index is 14.7. The first-order valence-electron chi connectivity index (χ1n) is 10.4. The molecule has 0 N–H and O–H groups in total. The number of fused-ring (bicyclic) bond motifs is 2. The topological polar surface area (TPSA) is 24.3 Å². The van der Waals surface area contributed by atoms with Crippen molar-refractivity contribution in [2.24, 2.45) is 13.0 Å². The van der Waals surface area contributed by atoms with Crippen molar-refractivity contribution in [3.8, 4) is 0 Å². The molecule has 1 aromatic heterocycles. The minimum atomic E-state index is -0.734. The summed E-state index contributed by atoms with van der Waals surface area (Å²) < 4.78 is 30.6. The largest absolute Gasteiger partial charge is 0.298 e. The predicted octanol–water partition coefficient (Wildman–Crippen LogP) is 3.38. The van der Waals surface area contributed by atoms with E-state index in [-0.39, 0.29) is 12.0 Å². The molecule has 28 heavy (non-hydrogen) atoms. The molecule has 2 aromatic rings. The summed E-state index contributed by atoms with van der Waals surface area (Å²) in [5.41, 5.74) is 4.08. The van der Waals surface area contributed by atoms with E-state index in [0.29, 0.717) is 17.5 Å². The van der Waals surface area contributed by atoms with Gasteiger partial charge in [-0.05, 0) is 57.3 Å². The van der Waals surface area contributed by atoms with Gasteiger partial charge in [-0.25, -0.2) is 8.78 Å². The lowest BCUT2D eigenvalue weighted by Crippen LogP contribution is -2.60. The molecule has 6 rings (SSSR count). The van der Waals surface area contributed by atoms with Crippen LogP contribution in [0, 0.1) is 31.4 Å². The molecule has 4 aliphatic heterocycles. The second-order valence-electron chi connectivity index (χ2n) is 8.81. The highest BCUT2D eigenvalue weighted by molar-refractivity contribution is 5.31. The van der Waals surface area contributed by atoms with Gasteiger partial charge in [0.15, 0.2) is 11.6 Å². The fourth-order valence-corrected chi connectivity index (χ4v) is 6.05. The van der Waals surface area contributed by atoms with E-state index in [9.17, 15) is 8.78 Å². The van der Waals surface area contributed by atoms with Crippen molar-refractivity contribution in [3.63, 3.8) is 0 Å². The first-order chi connectivity index (χ1) is 13.5. The zero-order valence-electron chi connectivity index (χ0n) is 16.8. The molecule has 0 spiro atoms. The van der Waals surface area contributed by atoms with E-state index in [2.05, 4.69) is 28.7 Å². The zero-order valence-corrected chi connectivity index (χ0v) is 16.8. The molecule has 2 bridgehead atoms. The van der Waals surface area contributed by atoms with E-state index in [0.717, 1.165) is 31.9 Å². The third-order valence-electron chi connectivity index (χ3n) is 7.49. The van der Waals surface area contributed by atoms with Crippen LogP contribution in [0.5, 0.6) is 0 Å². The normalized spacial score (nSPS) is 32.1. The monoisotopic (exact) mass is 386 g/mol. The Balaban J connectivity index is 1.53. The molecule has 0 radical (unpaired) electrons. The highest BCUT2D eigenvalue weighted by Gasteiger charge is 2.53. The summed E-state index contributed by atoms with van der Waals surface area (Å²) in [6.07, 6.45) is 2.42. The van der Waals surface area contributed by atoms with E-state index in [1.54, 1.807) is 12.1 Å². The number of rotatable bonds is 3. The quantitative estimate of drug-likeness (QED) is 0.808. The standard InChI is InChI=1S/C22H28F2N4/c1-13-17(14(2)26(3)25-13)11-28-12-18(16-5-4-6-19(23)20(16)24)22-21(28)15-7-9-27(22)10-8-15/h4-6,15,18,21-22H,7-12H2,1-3H3/t18-,21+,22+/m0/s1. The SMILES string of the molecule is Cc1nn(C)c(C)c1CN1C[C@@H](c2cccc(F)c2F)[C@@H]2[C@H]1C1CCN2CC1. The molecule has 4 saturated heterocycles. The molecule has 4 aliphatic rings. The van der Waals surface area contributed by atoms with Crippen molar-refractivity contribution in [1.29, 1.82) is 0 Å². The number of hydrogen-bond acceptors (Lipinski definition) is 3. The van der Waals surface area contributed by atoms with Gasteiger partial charge in [0.2, 0.25) is 0 Å². The minimum Gasteiger partial charge on any atom is -0.298 e. The van der Waals surface area contributed by atoms with Gasteiger partial charge in [0.1, 0.15) is 0 Å². The average Bonchev–Trinajstić information content (AvgIpc) is 3.20. The second-order valence-corrected chi connectivity index (χ2v) is 8.81. The fraction of sp³-hybridized carbons (Fsp3) is 0.591. The predicted molar refractivity (Wildman–Crippen MR) is 104 cm³/mol. The Bertz CT molecular complexity index is 900. The Labute approximate surface area is 165 Å². The Kier molecular flexibility index (Phi) is 4.32. The highest BCUT2D eigenvalue weighted by atomic mass is 19.2. The summed E-state index contributed by atoms with van der Waals surface area (Å²) in [5, 5.41) is 4.58. The molecule has 3 atom stereocenters. The molecule has 5 heterocycles. The minimum absolute atomic E-state index is 0.0149. The number of aromatic nitrogens is 2. The van der Waals surface area contributed by atoms with Crippen molar-refractivity contribution in [2.75, 3.05) is 19.6 Å². The lowest BCUT2D eigenvalue weighted by atomic mass is 9.75. The van der Waals surface area contributed by atoms with Crippen molar-refractivity contribution < 1.29 is 8.78 Å². The zero-order chi connectivity index (χ0) is 19.6. The van der Waals surface area contributed by atoms with Crippen LogP contribution in [0.2, 0.25) is 0 Å². The van der Waals surface area contributed by atoms with Gasteiger partial charge >= 0.3 is 0 Å². The first-order valence-corrected chi connectivity index (χ1v) is 10.4. The Morgan fingerprint density at radius 1 is 1.11 bits per heavy atom. The number of hydrogen-bond donors (Lipinski definition) is 0. The third kappa shape index (κ3) is 2.65. The number of nitrogens with zero attached hydrogens (tertiary/aromatic N) is 4. The van der Waals surface area contributed by atoms with Crippen LogP contribution >= 0.6 is 0 Å². The fourth-order valence-electron chi connectivity index (χ4n) is 6.05. The molecular formula is C22H28F2N4. The van der Waals surface area contributed by atoms with E-state index in [4.69, 9.17) is 0 Å². The Morgan fingerprint density at radius 3 is 2.54 bits per heavy atom. The first kappa shape index (κ1) is 18.3. The van der Waals surface area contributed by atoms with Crippen molar-refractivity contribution >= 4 is 0 Å². The van der Waals surface area contributed by atoms with Gasteiger partial charge in [-0.2, -0.15) is 5.10 Å². The average molecular weight is 386 g/mol. The van der Waals surface area contributed by atoms with Gasteiger partial charge in [-0.1, -0.05) is 12.1 Å². The van der Waals surface area contributed by atoms with Crippen LogP contribution < -0.4 is 0 Å². The smallest absolute Gasteiger partial charge is 0.162 e. The summed E-state index contributed by atoms with van der Waals surface area (Å²) in [4.78, 5) is 5.06. The number of aryl methyl sites for hydroxylation is 2. The van der Waals surface area contributed by atoms with Crippen LogP contribution in [0.3, 0.4) is 0 Å². The van der Waals surface area contributed by atoms with Crippen LogP contribution in [0.25, 0.3) is 0 Å². The van der Waals surface area contributed by atoms with Gasteiger partial charge in [0, 0.05) is 49.4 Å². The highest BCUT2D eigenvalue weighted by Crippen LogP contribution is 2.47. The van der Waals surface area contributed by atoms with E-state index >= 15 is 0 Å². The van der Waals surface area contributed by atoms with Gasteiger partial charge in [-0.15, -0.1) is 0 Å². The van der Waals surface area contributed by atoms with Crippen molar-refractivity contribution in [1.82, 2.24) is 19.6 Å². The molecular weight excluding hydrogens is 358 g/mol. The Morgan fingerprint density at radius 2 is 1.86 bits per heavy atom. The van der Waals surface area contributed by atoms with E-state index in [1.807, 2.05) is 11.7 Å². The van der Waals surface area contributed by atoms with Crippen LogP contribution in [-0.2, 0) is 13.6 Å². The number of piperidine rings is 3. The summed E-state index contributed by atoms with van der Waals surface area (Å²) in [6.45, 7) is 7.95. The van der Waals surface area contributed by atoms with Crippen LogP contribution in [0.4, 0.5) is 8.78 Å². The molecule has 0 unspecified atom stereocenters. The molecule has 6 heteroatoms. The molecule has 0 amide bonds. The number of likely N-dealkylation sites (tertiary alicyclic amines) is 1. The molecule has 0 aliphatic carbocycles. The molecule has 4 nitrogen and oxygen atoms in total. The third-order valence-corrected chi connectivity index (χ3v) is 7.49. The van der Waals surface area contributed by atoms with Gasteiger partial charge in [0.25, 0.3) is 0 Å². The second kappa shape index (κ2) is 6.63. The maximum Gasteiger partial charge on any atom is 0.162 e. The van der Waals surface area contributed by atoms with Crippen LogP contribution in [0.1, 0.15) is 41.3 Å².